The van der Waals surface area contributed by atoms with Gasteiger partial charge in [-0.05, 0) is 48.5 Å². The third-order valence-corrected chi connectivity index (χ3v) is 3.69. The molecule has 0 fully saturated rings. The Morgan fingerprint density at radius 2 is 1.58 bits per heavy atom. The number of halogens is 2. The first-order valence-electron chi connectivity index (χ1n) is 7.59. The summed E-state index contributed by atoms with van der Waals surface area (Å²) in [4.78, 5) is 35.1. The summed E-state index contributed by atoms with van der Waals surface area (Å²) < 4.78 is 13.7. The van der Waals surface area contributed by atoms with E-state index in [4.69, 9.17) is 0 Å². The Morgan fingerprint density at radius 1 is 0.923 bits per heavy atom. The summed E-state index contributed by atoms with van der Waals surface area (Å²) in [5, 5.41) is 5.14. The van der Waals surface area contributed by atoms with Crippen LogP contribution in [0.1, 0.15) is 16.8 Å². The third-order valence-electron chi connectivity index (χ3n) is 3.16. The van der Waals surface area contributed by atoms with Crippen LogP contribution in [-0.4, -0.2) is 24.4 Å². The number of hydrogen-bond acceptors (Lipinski definition) is 3. The molecule has 0 radical (unpaired) electrons. The lowest BCUT2D eigenvalue weighted by molar-refractivity contribution is -0.121. The maximum absolute atomic E-state index is 12.8. The molecule has 26 heavy (non-hydrogen) atoms. The molecule has 0 saturated carbocycles. The van der Waals surface area contributed by atoms with Crippen LogP contribution in [0.25, 0.3) is 0 Å². The Hall–Kier alpha value is -2.94. The molecule has 0 atom stereocenters. The third kappa shape index (κ3) is 6.52. The highest BCUT2D eigenvalue weighted by molar-refractivity contribution is 9.10. The van der Waals surface area contributed by atoms with Crippen molar-refractivity contribution in [1.82, 2.24) is 16.2 Å². The van der Waals surface area contributed by atoms with E-state index in [0.717, 1.165) is 16.6 Å². The Kier molecular flexibility index (Phi) is 7.10. The van der Waals surface area contributed by atoms with Crippen molar-refractivity contribution in [3.8, 4) is 0 Å². The number of hydrazine groups is 1. The molecule has 0 aliphatic rings. The van der Waals surface area contributed by atoms with E-state index < -0.39 is 23.7 Å². The summed E-state index contributed by atoms with van der Waals surface area (Å²) in [6.45, 7) is 0.0839. The van der Waals surface area contributed by atoms with E-state index in [-0.39, 0.29) is 18.5 Å². The fraction of sp³-hybridized carbons (Fsp3) is 0.118. The topological polar surface area (TPSA) is 99.3 Å². The standard InChI is InChI=1S/C17H16BrFN4O3/c18-12-3-7-14(8-4-12)21-17(26)20-10-9-15(24)22-23-16(25)11-1-5-13(19)6-2-11/h1-8H,9-10H2,(H,22,24)(H,23,25)(H2,20,21,26). The molecular weight excluding hydrogens is 407 g/mol. The van der Waals surface area contributed by atoms with Crippen molar-refractivity contribution in [2.45, 2.75) is 6.42 Å². The van der Waals surface area contributed by atoms with E-state index in [2.05, 4.69) is 37.4 Å². The van der Waals surface area contributed by atoms with E-state index in [1.165, 1.54) is 12.1 Å². The van der Waals surface area contributed by atoms with Gasteiger partial charge in [-0.25, -0.2) is 9.18 Å². The molecule has 2 rings (SSSR count). The largest absolute Gasteiger partial charge is 0.337 e. The number of carbonyl (C=O) groups is 3. The summed E-state index contributed by atoms with van der Waals surface area (Å²) >= 11 is 3.29. The molecule has 0 unspecified atom stereocenters. The van der Waals surface area contributed by atoms with Gasteiger partial charge in [0.1, 0.15) is 5.82 Å². The first-order chi connectivity index (χ1) is 12.4. The normalized spacial score (nSPS) is 9.92. The monoisotopic (exact) mass is 422 g/mol. The second-order valence-electron chi connectivity index (χ2n) is 5.15. The van der Waals surface area contributed by atoms with E-state index in [0.29, 0.717) is 5.69 Å². The minimum absolute atomic E-state index is 0.0303. The van der Waals surface area contributed by atoms with Crippen LogP contribution >= 0.6 is 15.9 Å². The molecule has 9 heteroatoms. The number of hydrogen-bond donors (Lipinski definition) is 4. The summed E-state index contributed by atoms with van der Waals surface area (Å²) in [7, 11) is 0. The molecular formula is C17H16BrFN4O3. The molecule has 2 aromatic rings. The predicted octanol–water partition coefficient (Wildman–Crippen LogP) is 2.56. The van der Waals surface area contributed by atoms with E-state index in [1.54, 1.807) is 24.3 Å². The van der Waals surface area contributed by atoms with Crippen LogP contribution < -0.4 is 21.5 Å². The van der Waals surface area contributed by atoms with Gasteiger partial charge in [-0.1, -0.05) is 15.9 Å². The van der Waals surface area contributed by atoms with Gasteiger partial charge in [-0.2, -0.15) is 0 Å². The molecule has 0 saturated heterocycles. The Balaban J connectivity index is 1.65. The number of amides is 4. The van der Waals surface area contributed by atoms with Crippen LogP contribution in [0, 0.1) is 5.82 Å². The SMILES string of the molecule is O=C(CCNC(=O)Nc1ccc(Br)cc1)NNC(=O)c1ccc(F)cc1. The summed E-state index contributed by atoms with van der Waals surface area (Å²) in [5.41, 5.74) is 5.24. The van der Waals surface area contributed by atoms with Gasteiger partial charge in [-0.15, -0.1) is 0 Å². The van der Waals surface area contributed by atoms with Crippen LogP contribution in [0.15, 0.2) is 53.0 Å². The molecule has 0 aliphatic heterocycles. The van der Waals surface area contributed by atoms with Crippen LogP contribution in [0.3, 0.4) is 0 Å². The minimum Gasteiger partial charge on any atom is -0.337 e. The van der Waals surface area contributed by atoms with Crippen molar-refractivity contribution in [2.75, 3.05) is 11.9 Å². The number of anilines is 1. The summed E-state index contributed by atoms with van der Waals surface area (Å²) in [6.07, 6.45) is -0.0303. The lowest BCUT2D eigenvalue weighted by atomic mass is 10.2. The number of urea groups is 1. The van der Waals surface area contributed by atoms with Crippen molar-refractivity contribution < 1.29 is 18.8 Å². The molecule has 0 spiro atoms. The average Bonchev–Trinajstić information content (AvgIpc) is 2.62. The molecule has 4 amide bonds. The zero-order valence-corrected chi connectivity index (χ0v) is 15.1. The number of rotatable bonds is 5. The molecule has 0 aromatic heterocycles. The van der Waals surface area contributed by atoms with Gasteiger partial charge < -0.3 is 10.6 Å². The van der Waals surface area contributed by atoms with E-state index in [1.807, 2.05) is 0 Å². The molecule has 0 aliphatic carbocycles. The average molecular weight is 423 g/mol. The maximum Gasteiger partial charge on any atom is 0.319 e. The maximum atomic E-state index is 12.8. The number of carbonyl (C=O) groups excluding carboxylic acids is 3. The van der Waals surface area contributed by atoms with E-state index >= 15 is 0 Å². The fourth-order valence-corrected chi connectivity index (χ4v) is 2.12. The van der Waals surface area contributed by atoms with Crippen molar-refractivity contribution in [2.24, 2.45) is 0 Å². The van der Waals surface area contributed by atoms with Crippen molar-refractivity contribution in [3.63, 3.8) is 0 Å². The zero-order valence-electron chi connectivity index (χ0n) is 13.5. The van der Waals surface area contributed by atoms with Gasteiger partial charge in [0.2, 0.25) is 5.91 Å². The molecule has 4 N–H and O–H groups in total. The van der Waals surface area contributed by atoms with Crippen LogP contribution in [0.4, 0.5) is 14.9 Å². The zero-order chi connectivity index (χ0) is 18.9. The van der Waals surface area contributed by atoms with Gasteiger partial charge in [0, 0.05) is 28.7 Å². The minimum atomic E-state index is -0.570. The van der Waals surface area contributed by atoms with E-state index in [9.17, 15) is 18.8 Å². The van der Waals surface area contributed by atoms with Gasteiger partial charge in [0.15, 0.2) is 0 Å². The molecule has 136 valence electrons. The lowest BCUT2D eigenvalue weighted by Crippen LogP contribution is -2.43. The quantitative estimate of drug-likeness (QED) is 0.557. The first-order valence-corrected chi connectivity index (χ1v) is 8.38. The summed E-state index contributed by atoms with van der Waals surface area (Å²) in [5.74, 6) is -1.51. The molecule has 0 bridgehead atoms. The fourth-order valence-electron chi connectivity index (χ4n) is 1.86. The highest BCUT2D eigenvalue weighted by Crippen LogP contribution is 2.13. The van der Waals surface area contributed by atoms with Gasteiger partial charge in [-0.3, -0.25) is 20.4 Å². The number of nitrogens with one attached hydrogen (secondary N) is 4. The van der Waals surface area contributed by atoms with Gasteiger partial charge in [0.05, 0.1) is 0 Å². The smallest absolute Gasteiger partial charge is 0.319 e. The van der Waals surface area contributed by atoms with Gasteiger partial charge in [0.25, 0.3) is 5.91 Å². The van der Waals surface area contributed by atoms with Crippen LogP contribution in [0.5, 0.6) is 0 Å². The number of benzene rings is 2. The van der Waals surface area contributed by atoms with Crippen LogP contribution in [0.2, 0.25) is 0 Å². The summed E-state index contributed by atoms with van der Waals surface area (Å²) in [6, 6.07) is 11.4. The highest BCUT2D eigenvalue weighted by Gasteiger charge is 2.08. The van der Waals surface area contributed by atoms with Crippen molar-refractivity contribution in [3.05, 3.63) is 64.4 Å². The second kappa shape index (κ2) is 9.52. The van der Waals surface area contributed by atoms with Crippen molar-refractivity contribution in [1.29, 1.82) is 0 Å². The van der Waals surface area contributed by atoms with Crippen molar-refractivity contribution >= 4 is 39.5 Å². The Morgan fingerprint density at radius 3 is 2.23 bits per heavy atom. The Bertz CT molecular complexity index is 782. The molecule has 0 heterocycles. The predicted molar refractivity (Wildman–Crippen MR) is 97.8 cm³/mol. The second-order valence-corrected chi connectivity index (χ2v) is 6.06. The van der Waals surface area contributed by atoms with Gasteiger partial charge >= 0.3 is 6.03 Å². The highest BCUT2D eigenvalue weighted by atomic mass is 79.9. The first kappa shape index (κ1) is 19.4. The Labute approximate surface area is 157 Å². The lowest BCUT2D eigenvalue weighted by Gasteiger charge is -2.09. The van der Waals surface area contributed by atoms with Crippen LogP contribution in [-0.2, 0) is 4.79 Å². The molecule has 7 nitrogen and oxygen atoms in total. The molecule has 2 aromatic carbocycles.